The van der Waals surface area contributed by atoms with E-state index in [0.717, 1.165) is 23.9 Å². The maximum absolute atomic E-state index is 12.5. The molecular weight excluding hydrogens is 368 g/mol. The number of carbonyl (C=O) groups is 3. The van der Waals surface area contributed by atoms with Crippen LogP contribution in [-0.2, 0) is 24.5 Å². The minimum atomic E-state index is -0.361. The average Bonchev–Trinajstić information content (AvgIpc) is 3.04. The highest BCUT2D eigenvalue weighted by Crippen LogP contribution is 2.48. The van der Waals surface area contributed by atoms with E-state index in [1.54, 1.807) is 6.92 Å². The third kappa shape index (κ3) is 3.48. The van der Waals surface area contributed by atoms with Gasteiger partial charge in [0.1, 0.15) is 0 Å². The Morgan fingerprint density at radius 3 is 2.31 bits per heavy atom. The second-order valence-electron chi connectivity index (χ2n) is 8.06. The molecule has 2 heterocycles. The molecule has 2 aromatic carbocycles. The van der Waals surface area contributed by atoms with Crippen LogP contribution < -0.4 is 4.90 Å². The lowest BCUT2D eigenvalue weighted by atomic mass is 9.74. The lowest BCUT2D eigenvalue weighted by Gasteiger charge is -2.40. The molecule has 0 saturated carbocycles. The van der Waals surface area contributed by atoms with Gasteiger partial charge in [0.2, 0.25) is 11.8 Å². The van der Waals surface area contributed by atoms with Crippen molar-refractivity contribution in [3.8, 4) is 0 Å². The monoisotopic (exact) mass is 394 g/mol. The Balaban J connectivity index is 1.57. The summed E-state index contributed by atoms with van der Waals surface area (Å²) in [4.78, 5) is 39.8. The van der Waals surface area contributed by atoms with Crippen molar-refractivity contribution in [1.29, 1.82) is 0 Å². The van der Waals surface area contributed by atoms with Gasteiger partial charge in [-0.2, -0.15) is 0 Å². The van der Waals surface area contributed by atoms with E-state index in [-0.39, 0.29) is 36.0 Å². The first-order valence-corrected chi connectivity index (χ1v) is 10.1. The fourth-order valence-electron chi connectivity index (χ4n) is 4.71. The number of ether oxygens (including phenoxy) is 1. The number of nitrogens with zero attached hydrogens (tertiary/aromatic N) is 2. The molecule has 0 aromatic heterocycles. The molecule has 1 saturated heterocycles. The van der Waals surface area contributed by atoms with Crippen LogP contribution in [0.25, 0.3) is 10.8 Å². The Morgan fingerprint density at radius 2 is 1.69 bits per heavy atom. The summed E-state index contributed by atoms with van der Waals surface area (Å²) in [7, 11) is 1.33. The fraction of sp³-hybridized carbons (Fsp3) is 0.435. The van der Waals surface area contributed by atoms with Crippen molar-refractivity contribution in [2.75, 3.05) is 31.6 Å². The Morgan fingerprint density at radius 1 is 1.03 bits per heavy atom. The first-order valence-electron chi connectivity index (χ1n) is 10.1. The van der Waals surface area contributed by atoms with Crippen molar-refractivity contribution in [3.05, 3.63) is 42.0 Å². The van der Waals surface area contributed by atoms with E-state index in [9.17, 15) is 14.4 Å². The molecule has 6 nitrogen and oxygen atoms in total. The zero-order chi connectivity index (χ0) is 20.6. The summed E-state index contributed by atoms with van der Waals surface area (Å²) in [5, 5.41) is 2.30. The van der Waals surface area contributed by atoms with Crippen molar-refractivity contribution in [2.24, 2.45) is 0 Å². The number of fused-ring (bicyclic) bond motifs is 3. The molecule has 0 radical (unpaired) electrons. The third-order valence-electron chi connectivity index (χ3n) is 6.41. The summed E-state index contributed by atoms with van der Waals surface area (Å²) in [5.41, 5.74) is 2.10. The number of methoxy groups -OCH3 is 1. The Hall–Kier alpha value is -2.89. The van der Waals surface area contributed by atoms with Gasteiger partial charge in [-0.3, -0.25) is 14.4 Å². The predicted octanol–water partition coefficient (Wildman–Crippen LogP) is 3.02. The number of likely N-dealkylation sites (tertiary alicyclic amines) is 1. The average molecular weight is 394 g/mol. The summed E-state index contributed by atoms with van der Waals surface area (Å²) in [6.45, 7) is 3.55. The molecule has 1 fully saturated rings. The van der Waals surface area contributed by atoms with Crippen molar-refractivity contribution in [2.45, 2.75) is 38.0 Å². The third-order valence-corrected chi connectivity index (χ3v) is 6.41. The van der Waals surface area contributed by atoms with Gasteiger partial charge in [-0.15, -0.1) is 0 Å². The summed E-state index contributed by atoms with van der Waals surface area (Å²) in [6.07, 6.45) is 1.92. The highest BCUT2D eigenvalue weighted by Gasteiger charge is 2.46. The molecule has 4 rings (SSSR count). The van der Waals surface area contributed by atoms with Crippen molar-refractivity contribution >= 4 is 34.2 Å². The summed E-state index contributed by atoms with van der Waals surface area (Å²) in [5.74, 6) is -0.319. The van der Waals surface area contributed by atoms with Crippen LogP contribution in [0.1, 0.15) is 38.2 Å². The minimum Gasteiger partial charge on any atom is -0.469 e. The van der Waals surface area contributed by atoms with Gasteiger partial charge in [-0.25, -0.2) is 0 Å². The Bertz CT molecular complexity index is 976. The van der Waals surface area contributed by atoms with Crippen LogP contribution in [0.15, 0.2) is 36.4 Å². The number of rotatable bonds is 3. The minimum absolute atomic E-state index is 0.00888. The maximum atomic E-state index is 12.5. The van der Waals surface area contributed by atoms with E-state index in [1.165, 1.54) is 18.1 Å². The first kappa shape index (κ1) is 19.4. The topological polar surface area (TPSA) is 66.9 Å². The standard InChI is InChI=1S/C23H26N2O4/c1-16(26)25-15-23(19-13-17-5-3-4-6-18(17)14-20(19)25)9-11-24(12-10-23)21(27)7-8-22(28)29-2/h3-6,13-14H,7-12,15H2,1-2H3. The second-order valence-corrected chi connectivity index (χ2v) is 8.06. The maximum Gasteiger partial charge on any atom is 0.306 e. The number of hydrogen-bond donors (Lipinski definition) is 0. The van der Waals surface area contributed by atoms with Crippen molar-refractivity contribution < 1.29 is 19.1 Å². The molecule has 0 aliphatic carbocycles. The summed E-state index contributed by atoms with van der Waals surface area (Å²) < 4.78 is 4.63. The quantitative estimate of drug-likeness (QED) is 0.751. The van der Waals surface area contributed by atoms with Crippen LogP contribution in [0, 0.1) is 0 Å². The molecule has 6 heteroatoms. The number of esters is 1. The number of amides is 2. The number of piperidine rings is 1. The molecule has 152 valence electrons. The van der Waals surface area contributed by atoms with E-state index in [0.29, 0.717) is 19.6 Å². The Kier molecular flexibility index (Phi) is 5.03. The van der Waals surface area contributed by atoms with Gasteiger partial charge in [0, 0.05) is 44.1 Å². The zero-order valence-corrected chi connectivity index (χ0v) is 16.9. The lowest BCUT2D eigenvalue weighted by Crippen LogP contribution is -2.47. The molecule has 0 bridgehead atoms. The van der Waals surface area contributed by atoms with Gasteiger partial charge in [0.05, 0.1) is 13.5 Å². The summed E-state index contributed by atoms with van der Waals surface area (Å²) >= 11 is 0. The Labute approximate surface area is 170 Å². The van der Waals surface area contributed by atoms with Gasteiger partial charge in [-0.05, 0) is 41.3 Å². The van der Waals surface area contributed by atoms with Crippen LogP contribution in [0.5, 0.6) is 0 Å². The van der Waals surface area contributed by atoms with Gasteiger partial charge in [0.25, 0.3) is 0 Å². The summed E-state index contributed by atoms with van der Waals surface area (Å²) in [6, 6.07) is 12.6. The van der Waals surface area contributed by atoms with E-state index < -0.39 is 0 Å². The number of anilines is 1. The van der Waals surface area contributed by atoms with Crippen molar-refractivity contribution in [1.82, 2.24) is 4.90 Å². The number of carbonyl (C=O) groups excluding carboxylic acids is 3. The molecule has 0 unspecified atom stereocenters. The molecule has 1 spiro atoms. The zero-order valence-electron chi connectivity index (χ0n) is 16.9. The number of hydrogen-bond acceptors (Lipinski definition) is 4. The molecule has 2 aliphatic rings. The van der Waals surface area contributed by atoms with Gasteiger partial charge >= 0.3 is 5.97 Å². The van der Waals surface area contributed by atoms with E-state index in [4.69, 9.17) is 0 Å². The molecule has 2 amide bonds. The van der Waals surface area contributed by atoms with E-state index >= 15 is 0 Å². The molecule has 0 atom stereocenters. The van der Waals surface area contributed by atoms with Crippen LogP contribution in [0.4, 0.5) is 5.69 Å². The normalized spacial score (nSPS) is 17.4. The van der Waals surface area contributed by atoms with Crippen LogP contribution in [-0.4, -0.2) is 49.4 Å². The van der Waals surface area contributed by atoms with E-state index in [2.05, 4.69) is 29.0 Å². The smallest absolute Gasteiger partial charge is 0.306 e. The molecular formula is C23H26N2O4. The molecule has 2 aromatic rings. The molecule has 29 heavy (non-hydrogen) atoms. The lowest BCUT2D eigenvalue weighted by molar-refractivity contribution is -0.144. The predicted molar refractivity (Wildman–Crippen MR) is 111 cm³/mol. The van der Waals surface area contributed by atoms with Gasteiger partial charge in [0.15, 0.2) is 0 Å². The molecule has 2 aliphatic heterocycles. The van der Waals surface area contributed by atoms with Crippen LogP contribution >= 0.6 is 0 Å². The largest absolute Gasteiger partial charge is 0.469 e. The number of benzene rings is 2. The fourth-order valence-corrected chi connectivity index (χ4v) is 4.71. The van der Waals surface area contributed by atoms with E-state index in [1.807, 2.05) is 21.9 Å². The van der Waals surface area contributed by atoms with Gasteiger partial charge < -0.3 is 14.5 Å². The highest BCUT2D eigenvalue weighted by atomic mass is 16.5. The van der Waals surface area contributed by atoms with Gasteiger partial charge in [-0.1, -0.05) is 24.3 Å². The highest BCUT2D eigenvalue weighted by molar-refractivity contribution is 5.99. The SMILES string of the molecule is COC(=O)CCC(=O)N1CCC2(CC1)CN(C(C)=O)c1cc3ccccc3cc12. The second kappa shape index (κ2) is 7.50. The van der Waals surface area contributed by atoms with Crippen molar-refractivity contribution in [3.63, 3.8) is 0 Å². The molecule has 0 N–H and O–H groups in total. The van der Waals surface area contributed by atoms with Crippen LogP contribution in [0.3, 0.4) is 0 Å². The first-order chi connectivity index (χ1) is 13.9. The van der Waals surface area contributed by atoms with Crippen LogP contribution in [0.2, 0.25) is 0 Å².